The summed E-state index contributed by atoms with van der Waals surface area (Å²) >= 11 is 0. The molecule has 2 aromatic carbocycles. The van der Waals surface area contributed by atoms with Gasteiger partial charge in [-0.25, -0.2) is 9.79 Å². The first-order valence-electron chi connectivity index (χ1n) is 8.40. The number of benzene rings is 2. The molecule has 0 saturated heterocycles. The standard InChI is InChI=1S/C19H22N4O5/c1-19(2,3)28-18(24)22-17(21-14-7-11-16(27-4)12-8-14)20-13-5-9-15(10-6-13)23(25)26/h5-12H,1-4H3,(H2,20,21,22,24). The Hall–Kier alpha value is -3.62. The Balaban J connectivity index is 2.25. The number of guanidine groups is 1. The number of amides is 1. The van der Waals surface area contributed by atoms with Gasteiger partial charge in [-0.1, -0.05) is 0 Å². The van der Waals surface area contributed by atoms with Gasteiger partial charge >= 0.3 is 6.09 Å². The average molecular weight is 386 g/mol. The van der Waals surface area contributed by atoms with Gasteiger partial charge in [-0.15, -0.1) is 0 Å². The number of alkyl carbamates (subject to hydrolysis) is 1. The van der Waals surface area contributed by atoms with Crippen molar-refractivity contribution in [1.82, 2.24) is 5.32 Å². The van der Waals surface area contributed by atoms with Gasteiger partial charge in [0.25, 0.3) is 5.69 Å². The molecule has 1 amide bonds. The minimum absolute atomic E-state index is 0.0521. The molecule has 0 aromatic heterocycles. The van der Waals surface area contributed by atoms with Gasteiger partial charge in [-0.3, -0.25) is 15.4 Å². The Morgan fingerprint density at radius 2 is 1.68 bits per heavy atom. The van der Waals surface area contributed by atoms with Crippen LogP contribution in [0.4, 0.5) is 21.9 Å². The first-order valence-corrected chi connectivity index (χ1v) is 8.40. The minimum Gasteiger partial charge on any atom is -0.497 e. The number of carbonyl (C=O) groups excluding carboxylic acids is 1. The van der Waals surface area contributed by atoms with Crippen LogP contribution in [0.3, 0.4) is 0 Å². The molecule has 148 valence electrons. The molecule has 2 rings (SSSR count). The van der Waals surface area contributed by atoms with Crippen molar-refractivity contribution in [2.24, 2.45) is 4.99 Å². The second-order valence-electron chi connectivity index (χ2n) is 6.71. The zero-order valence-corrected chi connectivity index (χ0v) is 16.1. The summed E-state index contributed by atoms with van der Waals surface area (Å²) in [5, 5.41) is 16.3. The van der Waals surface area contributed by atoms with Crippen LogP contribution in [0.15, 0.2) is 53.5 Å². The molecule has 2 N–H and O–H groups in total. The SMILES string of the molecule is COc1ccc(NC(=Nc2ccc([N+](=O)[O-])cc2)NC(=O)OC(C)(C)C)cc1. The van der Waals surface area contributed by atoms with Crippen LogP contribution < -0.4 is 15.4 Å². The molecule has 0 unspecified atom stereocenters. The predicted octanol–water partition coefficient (Wildman–Crippen LogP) is 4.23. The zero-order valence-electron chi connectivity index (χ0n) is 16.1. The highest BCUT2D eigenvalue weighted by atomic mass is 16.6. The maximum Gasteiger partial charge on any atom is 0.414 e. The quantitative estimate of drug-likeness (QED) is 0.352. The van der Waals surface area contributed by atoms with E-state index in [-0.39, 0.29) is 11.6 Å². The molecule has 0 spiro atoms. The van der Waals surface area contributed by atoms with Crippen molar-refractivity contribution in [2.75, 3.05) is 12.4 Å². The number of rotatable bonds is 4. The highest BCUT2D eigenvalue weighted by molar-refractivity contribution is 6.03. The summed E-state index contributed by atoms with van der Waals surface area (Å²) in [5.74, 6) is 0.785. The van der Waals surface area contributed by atoms with Gasteiger partial charge in [0.05, 0.1) is 17.7 Å². The highest BCUT2D eigenvalue weighted by Gasteiger charge is 2.18. The fourth-order valence-electron chi connectivity index (χ4n) is 2.08. The number of aliphatic imine (C=N–C) groups is 1. The molecular weight excluding hydrogens is 364 g/mol. The van der Waals surface area contributed by atoms with Crippen LogP contribution in [0.5, 0.6) is 5.75 Å². The highest BCUT2D eigenvalue weighted by Crippen LogP contribution is 2.19. The summed E-state index contributed by atoms with van der Waals surface area (Å²) in [5.41, 5.74) is 0.335. The molecule has 0 heterocycles. The summed E-state index contributed by atoms with van der Waals surface area (Å²) in [7, 11) is 1.56. The number of carbonyl (C=O) groups is 1. The van der Waals surface area contributed by atoms with E-state index in [0.717, 1.165) is 0 Å². The van der Waals surface area contributed by atoms with Gasteiger partial charge < -0.3 is 14.8 Å². The number of hydrogen-bond acceptors (Lipinski definition) is 6. The molecular formula is C19H22N4O5. The second kappa shape index (κ2) is 8.85. The van der Waals surface area contributed by atoms with Crippen molar-refractivity contribution in [2.45, 2.75) is 26.4 Å². The number of nitrogens with one attached hydrogen (secondary N) is 2. The summed E-state index contributed by atoms with van der Waals surface area (Å²) in [6, 6.07) is 12.6. The number of methoxy groups -OCH3 is 1. The van der Waals surface area contributed by atoms with Crippen molar-refractivity contribution in [3.05, 3.63) is 58.6 Å². The van der Waals surface area contributed by atoms with Crippen molar-refractivity contribution in [3.63, 3.8) is 0 Å². The molecule has 2 aromatic rings. The lowest BCUT2D eigenvalue weighted by Crippen LogP contribution is -2.39. The molecule has 0 atom stereocenters. The van der Waals surface area contributed by atoms with E-state index in [9.17, 15) is 14.9 Å². The number of nitro groups is 1. The number of nitrogens with zero attached hydrogens (tertiary/aromatic N) is 2. The number of ether oxygens (including phenoxy) is 2. The average Bonchev–Trinajstić information content (AvgIpc) is 2.61. The summed E-state index contributed by atoms with van der Waals surface area (Å²) < 4.78 is 10.4. The maximum atomic E-state index is 12.1. The lowest BCUT2D eigenvalue weighted by atomic mass is 10.2. The lowest BCUT2D eigenvalue weighted by Gasteiger charge is -2.20. The third-order valence-corrected chi connectivity index (χ3v) is 3.27. The van der Waals surface area contributed by atoms with Crippen molar-refractivity contribution in [3.8, 4) is 5.75 Å². The van der Waals surface area contributed by atoms with Crippen LogP contribution in [-0.2, 0) is 4.74 Å². The van der Waals surface area contributed by atoms with Gasteiger partial charge in [0.2, 0.25) is 5.96 Å². The Kier molecular flexibility index (Phi) is 6.54. The monoisotopic (exact) mass is 386 g/mol. The van der Waals surface area contributed by atoms with Gasteiger partial charge in [-0.05, 0) is 57.2 Å². The van der Waals surface area contributed by atoms with E-state index in [1.165, 1.54) is 24.3 Å². The largest absolute Gasteiger partial charge is 0.497 e. The molecule has 0 bridgehead atoms. The Labute approximate surface area is 162 Å². The second-order valence-corrected chi connectivity index (χ2v) is 6.71. The first kappa shape index (κ1) is 20.7. The Bertz CT molecular complexity index is 855. The van der Waals surface area contributed by atoms with E-state index in [1.54, 1.807) is 52.1 Å². The maximum absolute atomic E-state index is 12.1. The molecule has 0 aliphatic heterocycles. The predicted molar refractivity (Wildman–Crippen MR) is 106 cm³/mol. The van der Waals surface area contributed by atoms with Crippen LogP contribution in [0.2, 0.25) is 0 Å². The van der Waals surface area contributed by atoms with Crippen LogP contribution in [0, 0.1) is 10.1 Å². The third-order valence-electron chi connectivity index (χ3n) is 3.27. The molecule has 9 heteroatoms. The number of anilines is 1. The first-order chi connectivity index (χ1) is 13.2. The van der Waals surface area contributed by atoms with Crippen LogP contribution in [0.25, 0.3) is 0 Å². The van der Waals surface area contributed by atoms with Gasteiger partial charge in [0.15, 0.2) is 0 Å². The van der Waals surface area contributed by atoms with E-state index in [4.69, 9.17) is 9.47 Å². The molecule has 0 radical (unpaired) electrons. The van der Waals surface area contributed by atoms with Crippen LogP contribution in [0.1, 0.15) is 20.8 Å². The zero-order chi connectivity index (χ0) is 20.7. The van der Waals surface area contributed by atoms with Gasteiger partial charge in [0, 0.05) is 17.8 Å². The van der Waals surface area contributed by atoms with E-state index in [2.05, 4.69) is 15.6 Å². The molecule has 0 fully saturated rings. The van der Waals surface area contributed by atoms with E-state index >= 15 is 0 Å². The fourth-order valence-corrected chi connectivity index (χ4v) is 2.08. The summed E-state index contributed by atoms with van der Waals surface area (Å²) in [6.07, 6.45) is -0.686. The van der Waals surface area contributed by atoms with Gasteiger partial charge in [0.1, 0.15) is 11.4 Å². The van der Waals surface area contributed by atoms with E-state index in [1.807, 2.05) is 0 Å². The van der Waals surface area contributed by atoms with Crippen molar-refractivity contribution in [1.29, 1.82) is 0 Å². The smallest absolute Gasteiger partial charge is 0.414 e. The lowest BCUT2D eigenvalue weighted by molar-refractivity contribution is -0.384. The van der Waals surface area contributed by atoms with E-state index < -0.39 is 16.6 Å². The summed E-state index contributed by atoms with van der Waals surface area (Å²) in [6.45, 7) is 5.24. The third kappa shape index (κ3) is 6.60. The number of hydrogen-bond donors (Lipinski definition) is 2. The van der Waals surface area contributed by atoms with Gasteiger partial charge in [-0.2, -0.15) is 0 Å². The van der Waals surface area contributed by atoms with Crippen molar-refractivity contribution < 1.29 is 19.2 Å². The molecule has 0 aliphatic rings. The summed E-state index contributed by atoms with van der Waals surface area (Å²) in [4.78, 5) is 26.7. The number of non-ortho nitro benzene ring substituents is 1. The Morgan fingerprint density at radius 3 is 2.18 bits per heavy atom. The van der Waals surface area contributed by atoms with E-state index in [0.29, 0.717) is 17.1 Å². The molecule has 28 heavy (non-hydrogen) atoms. The molecule has 0 aliphatic carbocycles. The number of nitro benzene ring substituents is 1. The normalized spacial score (nSPS) is 11.5. The molecule has 9 nitrogen and oxygen atoms in total. The van der Waals surface area contributed by atoms with Crippen LogP contribution >= 0.6 is 0 Å². The Morgan fingerprint density at radius 1 is 1.07 bits per heavy atom. The van der Waals surface area contributed by atoms with Crippen molar-refractivity contribution >= 4 is 29.1 Å². The fraction of sp³-hybridized carbons (Fsp3) is 0.263. The minimum atomic E-state index is -0.686. The topological polar surface area (TPSA) is 115 Å². The van der Waals surface area contributed by atoms with Crippen LogP contribution in [-0.4, -0.2) is 29.7 Å². The molecule has 0 saturated carbocycles.